The van der Waals surface area contributed by atoms with Crippen molar-refractivity contribution >= 4 is 40.2 Å². The van der Waals surface area contributed by atoms with Gasteiger partial charge in [0.15, 0.2) is 0 Å². The van der Waals surface area contributed by atoms with Gasteiger partial charge in [-0.15, -0.1) is 0 Å². The lowest BCUT2D eigenvalue weighted by Crippen LogP contribution is -2.61. The van der Waals surface area contributed by atoms with Gasteiger partial charge in [0, 0.05) is 34.7 Å². The first kappa shape index (κ1) is 27.4. The van der Waals surface area contributed by atoms with Gasteiger partial charge in [-0.3, -0.25) is 9.59 Å². The summed E-state index contributed by atoms with van der Waals surface area (Å²) in [6.45, 7) is 13.0. The van der Waals surface area contributed by atoms with Crippen molar-refractivity contribution in [3.63, 3.8) is 0 Å². The van der Waals surface area contributed by atoms with E-state index in [2.05, 4.69) is 93.1 Å². The van der Waals surface area contributed by atoms with Crippen LogP contribution in [-0.4, -0.2) is 44.8 Å². The summed E-state index contributed by atoms with van der Waals surface area (Å²) in [6.07, 6.45) is 3.92. The topological polar surface area (TPSA) is 65.2 Å². The van der Waals surface area contributed by atoms with Crippen LogP contribution in [0.2, 0.25) is 0 Å². The molecule has 1 aliphatic heterocycles. The van der Waals surface area contributed by atoms with E-state index in [4.69, 9.17) is 0 Å². The molecule has 6 heteroatoms. The third-order valence-corrected chi connectivity index (χ3v) is 11.0. The minimum Gasteiger partial charge on any atom is -0.358 e. The molecule has 0 spiro atoms. The smallest absolute Gasteiger partial charge is 0.250 e. The summed E-state index contributed by atoms with van der Waals surface area (Å²) in [5.41, 5.74) is 7.24. The molecule has 2 aromatic carbocycles. The van der Waals surface area contributed by atoms with E-state index in [1.165, 1.54) is 27.7 Å². The fraction of sp³-hybridized carbons (Fsp3) is 0.529. The first-order valence-corrected chi connectivity index (χ1v) is 16.1. The standard InChI is InChI=1S/C34H43N3O2S/c1-20-17-21(2)31(22(3)18-20)36-32(39)34(13-15-40-16-14-34)37(24-11-12-24)28(38)19-26-30(33(26,5)6)29-23(4)35-27-10-8-7-9-25(27)29/h7-10,17-18,24,26,30,35H,11-16,19H2,1-6H3,(H,36,39)/t26-,30+/m1/s1. The van der Waals surface area contributed by atoms with Crippen LogP contribution in [0.25, 0.3) is 10.9 Å². The highest BCUT2D eigenvalue weighted by molar-refractivity contribution is 7.99. The number of para-hydroxylation sites is 1. The summed E-state index contributed by atoms with van der Waals surface area (Å²) in [6, 6.07) is 12.9. The third-order valence-electron chi connectivity index (χ3n) is 10.00. The number of thioether (sulfide) groups is 1. The van der Waals surface area contributed by atoms with E-state index in [0.29, 0.717) is 12.3 Å². The Morgan fingerprint density at radius 2 is 1.68 bits per heavy atom. The van der Waals surface area contributed by atoms with Gasteiger partial charge in [0.25, 0.3) is 0 Å². The van der Waals surface area contributed by atoms with Crippen LogP contribution in [0.1, 0.15) is 79.8 Å². The number of fused-ring (bicyclic) bond motifs is 1. The van der Waals surface area contributed by atoms with Gasteiger partial charge in [-0.1, -0.05) is 49.7 Å². The Balaban J connectivity index is 1.29. The van der Waals surface area contributed by atoms with Crippen molar-refractivity contribution in [2.75, 3.05) is 16.8 Å². The molecule has 0 unspecified atom stereocenters. The fourth-order valence-electron chi connectivity index (χ4n) is 7.70. The van der Waals surface area contributed by atoms with Crippen LogP contribution in [0.3, 0.4) is 0 Å². The molecule has 2 N–H and O–H groups in total. The summed E-state index contributed by atoms with van der Waals surface area (Å²) < 4.78 is 0. The molecule has 6 rings (SSSR count). The summed E-state index contributed by atoms with van der Waals surface area (Å²) in [7, 11) is 0. The summed E-state index contributed by atoms with van der Waals surface area (Å²) in [4.78, 5) is 34.4. The third kappa shape index (κ3) is 4.56. The van der Waals surface area contributed by atoms with Gasteiger partial charge in [-0.25, -0.2) is 0 Å². The average molecular weight is 558 g/mol. The van der Waals surface area contributed by atoms with Crippen molar-refractivity contribution in [1.82, 2.24) is 9.88 Å². The molecule has 2 atom stereocenters. The number of aryl methyl sites for hydroxylation is 4. The van der Waals surface area contributed by atoms with Gasteiger partial charge in [0.1, 0.15) is 5.54 Å². The second-order valence-electron chi connectivity index (χ2n) is 13.2. The lowest BCUT2D eigenvalue weighted by Gasteiger charge is -2.45. The van der Waals surface area contributed by atoms with Crippen molar-refractivity contribution in [3.05, 3.63) is 64.3 Å². The molecule has 0 bridgehead atoms. The quantitative estimate of drug-likeness (QED) is 0.318. The van der Waals surface area contributed by atoms with Gasteiger partial charge in [-0.05, 0) is 105 Å². The lowest BCUT2D eigenvalue weighted by molar-refractivity contribution is -0.147. The van der Waals surface area contributed by atoms with Crippen LogP contribution in [0.4, 0.5) is 5.69 Å². The van der Waals surface area contributed by atoms with Crippen LogP contribution in [0.5, 0.6) is 0 Å². The SMILES string of the molecule is Cc1cc(C)c(NC(=O)C2(N(C(=O)C[C@@H]3[C@@H](c4c(C)[nH]c5ccccc45)C3(C)C)C3CC3)CCSCC2)c(C)c1. The van der Waals surface area contributed by atoms with E-state index < -0.39 is 5.54 Å². The number of hydrogen-bond acceptors (Lipinski definition) is 3. The van der Waals surface area contributed by atoms with E-state index >= 15 is 0 Å². The van der Waals surface area contributed by atoms with Gasteiger partial charge in [0.2, 0.25) is 11.8 Å². The number of carbonyl (C=O) groups excluding carboxylic acids is 2. The maximum Gasteiger partial charge on any atom is 0.250 e. The first-order chi connectivity index (χ1) is 19.0. The summed E-state index contributed by atoms with van der Waals surface area (Å²) >= 11 is 1.90. The van der Waals surface area contributed by atoms with Crippen molar-refractivity contribution in [2.24, 2.45) is 11.3 Å². The predicted octanol–water partition coefficient (Wildman–Crippen LogP) is 7.43. The fourth-order valence-corrected chi connectivity index (χ4v) is 8.87. The Morgan fingerprint density at radius 3 is 2.33 bits per heavy atom. The molecule has 2 amide bonds. The second kappa shape index (κ2) is 9.97. The van der Waals surface area contributed by atoms with Gasteiger partial charge >= 0.3 is 0 Å². The second-order valence-corrected chi connectivity index (χ2v) is 14.4. The van der Waals surface area contributed by atoms with Crippen LogP contribution in [0.15, 0.2) is 36.4 Å². The summed E-state index contributed by atoms with van der Waals surface area (Å²) in [5.74, 6) is 2.57. The zero-order valence-corrected chi connectivity index (χ0v) is 25.6. The normalized spacial score (nSPS) is 23.1. The van der Waals surface area contributed by atoms with Gasteiger partial charge in [-0.2, -0.15) is 11.8 Å². The molecule has 212 valence electrons. The highest BCUT2D eigenvalue weighted by Gasteiger charge is 2.61. The number of nitrogens with one attached hydrogen (secondary N) is 2. The van der Waals surface area contributed by atoms with Crippen LogP contribution in [0, 0.1) is 39.0 Å². The van der Waals surface area contributed by atoms with Crippen molar-refractivity contribution in [3.8, 4) is 0 Å². The molecule has 40 heavy (non-hydrogen) atoms. The van der Waals surface area contributed by atoms with Crippen molar-refractivity contribution in [2.45, 2.75) is 91.1 Å². The molecular weight excluding hydrogens is 514 g/mol. The van der Waals surface area contributed by atoms with Gasteiger partial charge < -0.3 is 15.2 Å². The minimum absolute atomic E-state index is 0.00202. The Kier molecular flexibility index (Phi) is 6.84. The van der Waals surface area contributed by atoms with Crippen molar-refractivity contribution in [1.29, 1.82) is 0 Å². The monoisotopic (exact) mass is 557 g/mol. The molecule has 0 radical (unpaired) electrons. The average Bonchev–Trinajstić information content (AvgIpc) is 3.79. The number of amides is 2. The largest absolute Gasteiger partial charge is 0.358 e. The first-order valence-electron chi connectivity index (χ1n) is 14.9. The van der Waals surface area contributed by atoms with Crippen molar-refractivity contribution < 1.29 is 9.59 Å². The highest BCUT2D eigenvalue weighted by Crippen LogP contribution is 2.67. The number of hydrogen-bond donors (Lipinski definition) is 2. The maximum absolute atomic E-state index is 14.4. The number of carbonyl (C=O) groups is 2. The van der Waals surface area contributed by atoms with Crippen LogP contribution >= 0.6 is 11.8 Å². The molecule has 2 aliphatic carbocycles. The number of rotatable bonds is 7. The maximum atomic E-state index is 14.4. The number of H-pyrrole nitrogens is 1. The Labute approximate surface area is 242 Å². The number of aromatic amines is 1. The zero-order valence-electron chi connectivity index (χ0n) is 24.8. The minimum atomic E-state index is -0.779. The van der Waals surface area contributed by atoms with E-state index in [0.717, 1.165) is 54.0 Å². The molecule has 2 saturated carbocycles. The number of aromatic nitrogens is 1. The molecule has 5 nitrogen and oxygen atoms in total. The predicted molar refractivity (Wildman–Crippen MR) is 166 cm³/mol. The number of nitrogens with zero attached hydrogens (tertiary/aromatic N) is 1. The Morgan fingerprint density at radius 1 is 1.02 bits per heavy atom. The molecule has 3 fully saturated rings. The van der Waals surface area contributed by atoms with E-state index in [-0.39, 0.29) is 29.2 Å². The molecule has 1 saturated heterocycles. The Hall–Kier alpha value is -2.73. The highest BCUT2D eigenvalue weighted by atomic mass is 32.2. The van der Waals surface area contributed by atoms with E-state index in [1.54, 1.807) is 0 Å². The van der Waals surface area contributed by atoms with E-state index in [1.807, 2.05) is 11.8 Å². The molecule has 2 heterocycles. The zero-order chi connectivity index (χ0) is 28.4. The summed E-state index contributed by atoms with van der Waals surface area (Å²) in [5, 5.41) is 4.61. The van der Waals surface area contributed by atoms with Crippen LogP contribution in [-0.2, 0) is 9.59 Å². The number of anilines is 1. The van der Waals surface area contributed by atoms with Crippen LogP contribution < -0.4 is 5.32 Å². The molecule has 1 aromatic heterocycles. The van der Waals surface area contributed by atoms with E-state index in [9.17, 15) is 9.59 Å². The Bertz CT molecular complexity index is 1450. The molecule has 3 aliphatic rings. The molecular formula is C34H43N3O2S. The molecule has 3 aromatic rings. The number of benzene rings is 2. The lowest BCUT2D eigenvalue weighted by atomic mass is 9.87. The van der Waals surface area contributed by atoms with Gasteiger partial charge in [0.05, 0.1) is 0 Å².